The fourth-order valence-electron chi connectivity index (χ4n) is 2.39. The first-order valence-electron chi connectivity index (χ1n) is 7.49. The van der Waals surface area contributed by atoms with Crippen molar-refractivity contribution in [1.82, 2.24) is 9.78 Å². The zero-order valence-corrected chi connectivity index (χ0v) is 11.9. The highest BCUT2D eigenvalue weighted by Crippen LogP contribution is 2.13. The summed E-state index contributed by atoms with van der Waals surface area (Å²) in [6.07, 6.45) is 13.1. The minimum absolute atomic E-state index is 1.16. The summed E-state index contributed by atoms with van der Waals surface area (Å²) < 4.78 is 1.92. The summed E-state index contributed by atoms with van der Waals surface area (Å²) in [4.78, 5) is 0. The van der Waals surface area contributed by atoms with Crippen molar-refractivity contribution in [3.05, 3.63) is 48.3 Å². The number of aromatic nitrogens is 2. The predicted octanol–water partition coefficient (Wildman–Crippen LogP) is 4.78. The maximum absolute atomic E-state index is 4.27. The van der Waals surface area contributed by atoms with E-state index in [0.717, 1.165) is 5.69 Å². The second-order valence-corrected chi connectivity index (χ2v) is 5.14. The molecule has 0 bridgehead atoms. The van der Waals surface area contributed by atoms with E-state index in [-0.39, 0.29) is 0 Å². The largest absolute Gasteiger partial charge is 0.241 e. The van der Waals surface area contributed by atoms with Gasteiger partial charge in [0.05, 0.1) is 5.69 Å². The minimum atomic E-state index is 1.16. The van der Waals surface area contributed by atoms with Crippen LogP contribution in [0.4, 0.5) is 0 Å². The summed E-state index contributed by atoms with van der Waals surface area (Å²) in [5.74, 6) is 0. The second-order valence-electron chi connectivity index (χ2n) is 5.14. The average Bonchev–Trinajstić information content (AvgIpc) is 2.97. The van der Waals surface area contributed by atoms with Gasteiger partial charge in [-0.3, -0.25) is 0 Å². The van der Waals surface area contributed by atoms with Gasteiger partial charge in [0.15, 0.2) is 0 Å². The van der Waals surface area contributed by atoms with E-state index >= 15 is 0 Å². The van der Waals surface area contributed by atoms with Crippen LogP contribution in [-0.4, -0.2) is 9.78 Å². The Morgan fingerprint density at radius 3 is 2.63 bits per heavy atom. The molecule has 0 saturated carbocycles. The van der Waals surface area contributed by atoms with Crippen LogP contribution in [-0.2, 0) is 6.42 Å². The fraction of sp³-hybridized carbons (Fsp3) is 0.471. The Kier molecular flexibility index (Phi) is 5.67. The first kappa shape index (κ1) is 13.9. The number of nitrogens with zero attached hydrogens (tertiary/aromatic N) is 2. The topological polar surface area (TPSA) is 17.8 Å². The molecule has 1 heterocycles. The molecule has 0 aliphatic rings. The van der Waals surface area contributed by atoms with E-state index in [0.29, 0.717) is 0 Å². The summed E-state index contributed by atoms with van der Waals surface area (Å²) in [6.45, 7) is 2.26. The van der Waals surface area contributed by atoms with E-state index in [1.165, 1.54) is 50.5 Å². The van der Waals surface area contributed by atoms with Crippen molar-refractivity contribution in [2.24, 2.45) is 0 Å². The van der Waals surface area contributed by atoms with Crippen LogP contribution in [0.3, 0.4) is 0 Å². The van der Waals surface area contributed by atoms with Crippen molar-refractivity contribution < 1.29 is 0 Å². The molecule has 0 atom stereocenters. The Bertz CT molecular complexity index is 460. The molecule has 0 N–H and O–H groups in total. The van der Waals surface area contributed by atoms with Crippen LogP contribution < -0.4 is 0 Å². The van der Waals surface area contributed by atoms with Crippen LogP contribution >= 0.6 is 0 Å². The molecule has 2 aromatic rings. The molecule has 2 rings (SSSR count). The molecule has 0 aliphatic heterocycles. The van der Waals surface area contributed by atoms with Gasteiger partial charge in [0.2, 0.25) is 0 Å². The van der Waals surface area contributed by atoms with Gasteiger partial charge < -0.3 is 0 Å². The molecule has 0 amide bonds. The van der Waals surface area contributed by atoms with Crippen molar-refractivity contribution in [2.75, 3.05) is 0 Å². The Labute approximate surface area is 116 Å². The number of unbranched alkanes of at least 4 members (excludes halogenated alkanes) is 5. The number of hydrogen-bond acceptors (Lipinski definition) is 1. The first-order valence-corrected chi connectivity index (χ1v) is 7.49. The van der Waals surface area contributed by atoms with Crippen LogP contribution in [0.2, 0.25) is 0 Å². The molecule has 2 heteroatoms. The third kappa shape index (κ3) is 4.55. The smallest absolute Gasteiger partial charge is 0.0648 e. The zero-order valence-electron chi connectivity index (χ0n) is 11.9. The SMILES string of the molecule is CCCCCCCCc1cccc(-n2cccn2)c1. The third-order valence-electron chi connectivity index (χ3n) is 3.50. The van der Waals surface area contributed by atoms with E-state index in [2.05, 4.69) is 36.3 Å². The molecule has 0 unspecified atom stereocenters. The van der Waals surface area contributed by atoms with E-state index in [9.17, 15) is 0 Å². The lowest BCUT2D eigenvalue weighted by molar-refractivity contribution is 0.607. The Morgan fingerprint density at radius 2 is 1.84 bits per heavy atom. The van der Waals surface area contributed by atoms with Crippen molar-refractivity contribution in [3.8, 4) is 5.69 Å². The highest BCUT2D eigenvalue weighted by atomic mass is 15.3. The number of hydrogen-bond donors (Lipinski definition) is 0. The van der Waals surface area contributed by atoms with Crippen LogP contribution in [0.15, 0.2) is 42.7 Å². The summed E-state index contributed by atoms with van der Waals surface area (Å²) in [6, 6.07) is 10.7. The number of rotatable bonds is 8. The lowest BCUT2D eigenvalue weighted by atomic mass is 10.0. The standard InChI is InChI=1S/C17H24N2/c1-2-3-4-5-6-7-10-16-11-8-12-17(15-16)19-14-9-13-18-19/h8-9,11-15H,2-7,10H2,1H3. The molecule has 0 spiro atoms. The summed E-state index contributed by atoms with van der Waals surface area (Å²) >= 11 is 0. The lowest BCUT2D eigenvalue weighted by Gasteiger charge is -2.05. The molecule has 2 nitrogen and oxygen atoms in total. The van der Waals surface area contributed by atoms with Gasteiger partial charge in [0.1, 0.15) is 0 Å². The van der Waals surface area contributed by atoms with Gasteiger partial charge in [0.25, 0.3) is 0 Å². The molecular weight excluding hydrogens is 232 g/mol. The van der Waals surface area contributed by atoms with Crippen LogP contribution in [0.25, 0.3) is 5.69 Å². The van der Waals surface area contributed by atoms with Crippen molar-refractivity contribution >= 4 is 0 Å². The van der Waals surface area contributed by atoms with E-state index < -0.39 is 0 Å². The molecule has 0 saturated heterocycles. The number of benzene rings is 1. The molecule has 1 aromatic heterocycles. The quantitative estimate of drug-likeness (QED) is 0.622. The van der Waals surface area contributed by atoms with E-state index in [1.807, 2.05) is 23.1 Å². The maximum Gasteiger partial charge on any atom is 0.0648 e. The zero-order chi connectivity index (χ0) is 13.3. The minimum Gasteiger partial charge on any atom is -0.241 e. The normalized spacial score (nSPS) is 10.8. The van der Waals surface area contributed by atoms with Gasteiger partial charge in [-0.25, -0.2) is 4.68 Å². The average molecular weight is 256 g/mol. The van der Waals surface area contributed by atoms with Crippen LogP contribution in [0.5, 0.6) is 0 Å². The summed E-state index contributed by atoms with van der Waals surface area (Å²) in [5, 5.41) is 4.27. The van der Waals surface area contributed by atoms with Gasteiger partial charge in [-0.2, -0.15) is 5.10 Å². The molecule has 102 valence electrons. The molecular formula is C17H24N2. The molecule has 0 radical (unpaired) electrons. The van der Waals surface area contributed by atoms with Crippen molar-refractivity contribution in [2.45, 2.75) is 51.9 Å². The number of aryl methyl sites for hydroxylation is 1. The van der Waals surface area contributed by atoms with E-state index in [4.69, 9.17) is 0 Å². The highest BCUT2D eigenvalue weighted by molar-refractivity contribution is 5.35. The van der Waals surface area contributed by atoms with Gasteiger partial charge >= 0.3 is 0 Å². The molecule has 19 heavy (non-hydrogen) atoms. The van der Waals surface area contributed by atoms with Crippen molar-refractivity contribution in [1.29, 1.82) is 0 Å². The van der Waals surface area contributed by atoms with Crippen LogP contribution in [0.1, 0.15) is 51.0 Å². The first-order chi connectivity index (χ1) is 9.40. The predicted molar refractivity (Wildman–Crippen MR) is 80.6 cm³/mol. The van der Waals surface area contributed by atoms with E-state index in [1.54, 1.807) is 0 Å². The molecule has 1 aromatic carbocycles. The van der Waals surface area contributed by atoms with Gasteiger partial charge in [-0.15, -0.1) is 0 Å². The highest BCUT2D eigenvalue weighted by Gasteiger charge is 1.99. The van der Waals surface area contributed by atoms with Crippen LogP contribution in [0, 0.1) is 0 Å². The van der Waals surface area contributed by atoms with Gasteiger partial charge in [0, 0.05) is 12.4 Å². The van der Waals surface area contributed by atoms with Crippen molar-refractivity contribution in [3.63, 3.8) is 0 Å². The second kappa shape index (κ2) is 7.78. The lowest BCUT2D eigenvalue weighted by Crippen LogP contribution is -1.95. The third-order valence-corrected chi connectivity index (χ3v) is 3.50. The summed E-state index contributed by atoms with van der Waals surface area (Å²) in [7, 11) is 0. The molecule has 0 fully saturated rings. The maximum atomic E-state index is 4.27. The summed E-state index contributed by atoms with van der Waals surface area (Å²) in [5.41, 5.74) is 2.58. The Balaban J connectivity index is 1.79. The Morgan fingerprint density at radius 1 is 1.00 bits per heavy atom. The Hall–Kier alpha value is -1.57. The molecule has 0 aliphatic carbocycles. The fourth-order valence-corrected chi connectivity index (χ4v) is 2.39. The van der Waals surface area contributed by atoms with Gasteiger partial charge in [-0.05, 0) is 36.6 Å². The monoisotopic (exact) mass is 256 g/mol. The van der Waals surface area contributed by atoms with Gasteiger partial charge in [-0.1, -0.05) is 51.2 Å².